The van der Waals surface area contributed by atoms with E-state index in [9.17, 15) is 0 Å². The van der Waals surface area contributed by atoms with Crippen LogP contribution >= 0.6 is 0 Å². The molecular weight excluding hydrogens is 314 g/mol. The summed E-state index contributed by atoms with van der Waals surface area (Å²) in [4.78, 5) is 2.83. The molecule has 0 aromatic heterocycles. The van der Waals surface area contributed by atoms with Gasteiger partial charge in [-0.15, -0.1) is 0 Å². The fourth-order valence-corrected chi connectivity index (χ4v) is 6.20. The number of hydrogen-bond acceptors (Lipinski definition) is 1. The fourth-order valence-electron chi connectivity index (χ4n) is 6.20. The molecule has 0 N–H and O–H groups in total. The molecule has 0 aromatic carbocycles. The fraction of sp³-hybridized carbons (Fsp3) is 1.00. The summed E-state index contributed by atoms with van der Waals surface area (Å²) >= 11 is 0. The normalized spacial score (nSPS) is 31.2. The topological polar surface area (TPSA) is 3.24 Å². The molecule has 0 unspecified atom stereocenters. The Kier molecular flexibility index (Phi) is 6.18. The van der Waals surface area contributed by atoms with Crippen LogP contribution in [-0.2, 0) is 0 Å². The van der Waals surface area contributed by atoms with Crippen LogP contribution in [0.25, 0.3) is 0 Å². The zero-order valence-electron chi connectivity index (χ0n) is 18.9. The summed E-state index contributed by atoms with van der Waals surface area (Å²) in [5.74, 6) is 3.00. The minimum absolute atomic E-state index is 0.524. The summed E-state index contributed by atoms with van der Waals surface area (Å²) in [5.41, 5.74) is 1.82. The summed E-state index contributed by atoms with van der Waals surface area (Å²) in [6, 6.07) is 0. The maximum Gasteiger partial charge on any atom is 0.000967 e. The summed E-state index contributed by atoms with van der Waals surface area (Å²) < 4.78 is 0. The molecule has 152 valence electrons. The molecular formula is C25H47N. The van der Waals surface area contributed by atoms with Crippen molar-refractivity contribution in [3.05, 3.63) is 0 Å². The van der Waals surface area contributed by atoms with Crippen molar-refractivity contribution in [3.63, 3.8) is 0 Å². The number of rotatable bonds is 4. The molecule has 1 heteroatoms. The average molecular weight is 362 g/mol. The first-order chi connectivity index (χ1) is 12.0. The second-order valence-electron chi connectivity index (χ2n) is 12.8. The van der Waals surface area contributed by atoms with Gasteiger partial charge in [0, 0.05) is 6.54 Å². The van der Waals surface area contributed by atoms with E-state index in [2.05, 4.69) is 46.4 Å². The Labute approximate surface area is 164 Å². The Hall–Kier alpha value is -0.0400. The smallest absolute Gasteiger partial charge is 0.000967 e. The van der Waals surface area contributed by atoms with Crippen molar-refractivity contribution < 1.29 is 0 Å². The molecule has 2 aliphatic carbocycles. The zero-order valence-corrected chi connectivity index (χ0v) is 18.9. The predicted octanol–water partition coefficient (Wildman–Crippen LogP) is 7.16. The SMILES string of the molecule is CC(C)(C)CCC1CC2(CCN(CC3CCC(C(C)(C)C)CC3)CC2)C1. The van der Waals surface area contributed by atoms with Crippen molar-refractivity contribution in [2.45, 2.75) is 106 Å². The molecule has 0 bridgehead atoms. The van der Waals surface area contributed by atoms with E-state index in [-0.39, 0.29) is 0 Å². The van der Waals surface area contributed by atoms with Crippen LogP contribution in [0.4, 0.5) is 0 Å². The molecule has 3 fully saturated rings. The van der Waals surface area contributed by atoms with Gasteiger partial charge in [0.25, 0.3) is 0 Å². The van der Waals surface area contributed by atoms with Gasteiger partial charge in [0.05, 0.1) is 0 Å². The van der Waals surface area contributed by atoms with Crippen LogP contribution in [0.1, 0.15) is 106 Å². The lowest BCUT2D eigenvalue weighted by Crippen LogP contribution is -2.48. The van der Waals surface area contributed by atoms with Crippen molar-refractivity contribution in [1.82, 2.24) is 4.90 Å². The first-order valence-corrected chi connectivity index (χ1v) is 11.8. The highest BCUT2D eigenvalue weighted by atomic mass is 15.1. The van der Waals surface area contributed by atoms with E-state index in [1.54, 1.807) is 12.8 Å². The van der Waals surface area contributed by atoms with Gasteiger partial charge < -0.3 is 4.90 Å². The van der Waals surface area contributed by atoms with Gasteiger partial charge >= 0.3 is 0 Å². The minimum Gasteiger partial charge on any atom is -0.303 e. The van der Waals surface area contributed by atoms with Crippen molar-refractivity contribution in [3.8, 4) is 0 Å². The van der Waals surface area contributed by atoms with Crippen LogP contribution in [0.5, 0.6) is 0 Å². The quantitative estimate of drug-likeness (QED) is 0.513. The lowest BCUT2D eigenvalue weighted by molar-refractivity contribution is -0.0247. The van der Waals surface area contributed by atoms with Crippen LogP contribution in [0.2, 0.25) is 0 Å². The largest absolute Gasteiger partial charge is 0.303 e. The lowest BCUT2D eigenvalue weighted by atomic mass is 9.56. The van der Waals surface area contributed by atoms with Gasteiger partial charge in [-0.25, -0.2) is 0 Å². The molecule has 0 radical (unpaired) electrons. The van der Waals surface area contributed by atoms with E-state index in [4.69, 9.17) is 0 Å². The molecule has 0 aromatic rings. The van der Waals surface area contributed by atoms with Gasteiger partial charge in [-0.05, 0) is 111 Å². The van der Waals surface area contributed by atoms with Gasteiger partial charge in [0.1, 0.15) is 0 Å². The molecule has 1 heterocycles. The number of hydrogen-bond donors (Lipinski definition) is 0. The third kappa shape index (κ3) is 5.49. The van der Waals surface area contributed by atoms with Crippen LogP contribution in [-0.4, -0.2) is 24.5 Å². The molecule has 1 spiro atoms. The molecule has 26 heavy (non-hydrogen) atoms. The molecule has 3 aliphatic rings. The average Bonchev–Trinajstić information content (AvgIpc) is 2.51. The third-order valence-electron chi connectivity index (χ3n) is 8.25. The molecule has 1 aliphatic heterocycles. The number of nitrogens with zero attached hydrogens (tertiary/aromatic N) is 1. The highest BCUT2D eigenvalue weighted by Gasteiger charge is 2.45. The maximum absolute atomic E-state index is 2.83. The van der Waals surface area contributed by atoms with E-state index in [0.29, 0.717) is 10.8 Å². The van der Waals surface area contributed by atoms with Crippen molar-refractivity contribution in [1.29, 1.82) is 0 Å². The molecule has 0 atom stereocenters. The highest BCUT2D eigenvalue weighted by molar-refractivity contribution is 4.97. The standard InChI is InChI=1S/C25H47N/c1-23(2,3)12-11-21-17-25(18-21)13-15-26(16-14-25)19-20-7-9-22(10-8-20)24(4,5)6/h20-22H,7-19H2,1-6H3. The van der Waals surface area contributed by atoms with Crippen molar-refractivity contribution in [2.75, 3.05) is 19.6 Å². The minimum atomic E-state index is 0.524. The van der Waals surface area contributed by atoms with Gasteiger partial charge in [-0.3, -0.25) is 0 Å². The van der Waals surface area contributed by atoms with Crippen LogP contribution in [0.3, 0.4) is 0 Å². The predicted molar refractivity (Wildman–Crippen MR) is 114 cm³/mol. The monoisotopic (exact) mass is 361 g/mol. The number of likely N-dealkylation sites (tertiary alicyclic amines) is 1. The molecule has 1 saturated heterocycles. The lowest BCUT2D eigenvalue weighted by Gasteiger charge is -2.53. The van der Waals surface area contributed by atoms with E-state index in [1.165, 1.54) is 71.0 Å². The molecule has 0 amide bonds. The Bertz CT molecular complexity index is 428. The highest BCUT2D eigenvalue weighted by Crippen LogP contribution is 2.54. The van der Waals surface area contributed by atoms with E-state index in [0.717, 1.165) is 23.2 Å². The first kappa shape index (κ1) is 20.7. The van der Waals surface area contributed by atoms with Crippen molar-refractivity contribution in [2.24, 2.45) is 34.0 Å². The molecule has 2 saturated carbocycles. The molecule has 3 rings (SSSR count). The van der Waals surface area contributed by atoms with Crippen molar-refractivity contribution >= 4 is 0 Å². The van der Waals surface area contributed by atoms with E-state index < -0.39 is 0 Å². The van der Waals surface area contributed by atoms with Gasteiger partial charge in [0.2, 0.25) is 0 Å². The Balaban J connectivity index is 1.33. The maximum atomic E-state index is 2.83. The van der Waals surface area contributed by atoms with Crippen LogP contribution < -0.4 is 0 Å². The molecule has 1 nitrogen and oxygen atoms in total. The Morgan fingerprint density at radius 3 is 1.88 bits per heavy atom. The second kappa shape index (κ2) is 7.76. The summed E-state index contributed by atoms with van der Waals surface area (Å²) in [6.45, 7) is 18.7. The first-order valence-electron chi connectivity index (χ1n) is 11.8. The van der Waals surface area contributed by atoms with Gasteiger partial charge in [0.15, 0.2) is 0 Å². The Morgan fingerprint density at radius 1 is 0.808 bits per heavy atom. The zero-order chi connectivity index (χ0) is 19.0. The van der Waals surface area contributed by atoms with E-state index >= 15 is 0 Å². The second-order valence-corrected chi connectivity index (χ2v) is 12.8. The third-order valence-corrected chi connectivity index (χ3v) is 8.25. The summed E-state index contributed by atoms with van der Waals surface area (Å²) in [6.07, 6.45) is 14.9. The number of piperidine rings is 1. The van der Waals surface area contributed by atoms with Gasteiger partial charge in [-0.1, -0.05) is 41.5 Å². The summed E-state index contributed by atoms with van der Waals surface area (Å²) in [5, 5.41) is 0. The summed E-state index contributed by atoms with van der Waals surface area (Å²) in [7, 11) is 0. The van der Waals surface area contributed by atoms with Gasteiger partial charge in [-0.2, -0.15) is 0 Å². The van der Waals surface area contributed by atoms with Crippen LogP contribution in [0, 0.1) is 34.0 Å². The van der Waals surface area contributed by atoms with Crippen LogP contribution in [0.15, 0.2) is 0 Å². The Morgan fingerprint density at radius 2 is 1.38 bits per heavy atom. The van der Waals surface area contributed by atoms with E-state index in [1.807, 2.05) is 0 Å².